The van der Waals surface area contributed by atoms with E-state index in [9.17, 15) is 0 Å². The highest BCUT2D eigenvalue weighted by atomic mass is 35.5. The monoisotopic (exact) mass is 347 g/mol. The summed E-state index contributed by atoms with van der Waals surface area (Å²) >= 11 is 14.6. The minimum atomic E-state index is 0.316. The van der Waals surface area contributed by atoms with Gasteiger partial charge in [0.1, 0.15) is 11.6 Å². The Balaban J connectivity index is 2.21. The number of anilines is 2. The van der Waals surface area contributed by atoms with E-state index < -0.39 is 0 Å². The summed E-state index contributed by atoms with van der Waals surface area (Å²) in [5, 5.41) is 4.48. The molecule has 1 N–H and O–H groups in total. The largest absolute Gasteiger partial charge is 0.369 e. The van der Waals surface area contributed by atoms with Crippen LogP contribution in [-0.2, 0) is 0 Å². The maximum Gasteiger partial charge on any atom is 0.149 e. The van der Waals surface area contributed by atoms with Gasteiger partial charge < -0.3 is 10.2 Å². The second kappa shape index (κ2) is 7.30. The Bertz CT molecular complexity index is 494. The second-order valence-corrected chi connectivity index (χ2v) is 8.51. The Hall–Kier alpha value is -0.320. The molecule has 118 valence electrons. The first kappa shape index (κ1) is 17.0. The molecule has 0 bridgehead atoms. The van der Waals surface area contributed by atoms with Gasteiger partial charge in [-0.3, -0.25) is 0 Å². The third-order valence-corrected chi connectivity index (χ3v) is 5.53. The number of nitrogens with one attached hydrogen (secondary N) is 1. The van der Waals surface area contributed by atoms with Crippen molar-refractivity contribution in [2.45, 2.75) is 38.4 Å². The molecule has 0 aromatic carbocycles. The molecule has 0 aliphatic carbocycles. The number of aromatic nitrogens is 1. The maximum absolute atomic E-state index is 6.37. The molecule has 1 aromatic heterocycles. The lowest BCUT2D eigenvalue weighted by Gasteiger charge is -2.25. The van der Waals surface area contributed by atoms with E-state index in [4.69, 9.17) is 23.2 Å². The number of pyridine rings is 1. The summed E-state index contributed by atoms with van der Waals surface area (Å²) in [6.45, 7) is 9.51. The van der Waals surface area contributed by atoms with Crippen molar-refractivity contribution >= 4 is 46.6 Å². The molecule has 1 aliphatic rings. The molecule has 0 radical (unpaired) electrons. The SMILES string of the molecule is CCCNc1nc(N2CCSC(C)(C)CC2)c(Cl)cc1Cl. The average molecular weight is 348 g/mol. The number of hydrogen-bond donors (Lipinski definition) is 1. The molecule has 0 atom stereocenters. The van der Waals surface area contributed by atoms with Crippen molar-refractivity contribution in [1.29, 1.82) is 0 Å². The molecule has 21 heavy (non-hydrogen) atoms. The van der Waals surface area contributed by atoms with Gasteiger partial charge in [0.25, 0.3) is 0 Å². The lowest BCUT2D eigenvalue weighted by atomic mass is 10.1. The van der Waals surface area contributed by atoms with Crippen LogP contribution in [0.4, 0.5) is 11.6 Å². The van der Waals surface area contributed by atoms with Crippen molar-refractivity contribution in [3.63, 3.8) is 0 Å². The van der Waals surface area contributed by atoms with Crippen LogP contribution in [0.3, 0.4) is 0 Å². The number of nitrogens with zero attached hydrogens (tertiary/aromatic N) is 2. The van der Waals surface area contributed by atoms with E-state index in [1.807, 2.05) is 11.8 Å². The summed E-state index contributed by atoms with van der Waals surface area (Å²) in [6, 6.07) is 1.80. The minimum absolute atomic E-state index is 0.316. The van der Waals surface area contributed by atoms with Crippen molar-refractivity contribution in [2.24, 2.45) is 0 Å². The van der Waals surface area contributed by atoms with Gasteiger partial charge in [-0.2, -0.15) is 11.8 Å². The Morgan fingerprint density at radius 3 is 2.81 bits per heavy atom. The molecule has 2 heterocycles. The Labute approximate surface area is 141 Å². The summed E-state index contributed by atoms with van der Waals surface area (Å²) in [5.41, 5.74) is 0. The summed E-state index contributed by atoms with van der Waals surface area (Å²) in [6.07, 6.45) is 2.15. The van der Waals surface area contributed by atoms with Crippen LogP contribution in [0.25, 0.3) is 0 Å². The normalized spacial score (nSPS) is 18.4. The maximum atomic E-state index is 6.37. The van der Waals surface area contributed by atoms with Gasteiger partial charge in [0.15, 0.2) is 0 Å². The summed E-state index contributed by atoms with van der Waals surface area (Å²) in [4.78, 5) is 6.94. The molecule has 0 saturated carbocycles. The van der Waals surface area contributed by atoms with Crippen molar-refractivity contribution in [1.82, 2.24) is 4.98 Å². The summed E-state index contributed by atoms with van der Waals surface area (Å²) in [7, 11) is 0. The zero-order valence-electron chi connectivity index (χ0n) is 12.9. The highest BCUT2D eigenvalue weighted by Gasteiger charge is 2.25. The van der Waals surface area contributed by atoms with Crippen LogP contribution in [0.5, 0.6) is 0 Å². The van der Waals surface area contributed by atoms with Gasteiger partial charge in [-0.1, -0.05) is 44.0 Å². The molecule has 1 fully saturated rings. The fourth-order valence-electron chi connectivity index (χ4n) is 2.28. The van der Waals surface area contributed by atoms with E-state index in [0.29, 0.717) is 14.8 Å². The number of halogens is 2. The summed E-state index contributed by atoms with van der Waals surface area (Å²) in [5.74, 6) is 2.66. The van der Waals surface area contributed by atoms with Gasteiger partial charge in [-0.15, -0.1) is 0 Å². The van der Waals surface area contributed by atoms with Crippen LogP contribution in [0.2, 0.25) is 10.0 Å². The molecule has 0 unspecified atom stereocenters. The fourth-order valence-corrected chi connectivity index (χ4v) is 3.92. The predicted octanol–water partition coefficient (Wildman–Crippen LogP) is 4.93. The molecule has 1 saturated heterocycles. The molecule has 0 amide bonds. The Morgan fingerprint density at radius 1 is 1.33 bits per heavy atom. The quantitative estimate of drug-likeness (QED) is 0.835. The lowest BCUT2D eigenvalue weighted by molar-refractivity contribution is 0.635. The zero-order valence-corrected chi connectivity index (χ0v) is 15.2. The van der Waals surface area contributed by atoms with Crippen LogP contribution in [-0.4, -0.2) is 35.1 Å². The first-order valence-corrected chi connectivity index (χ1v) is 9.16. The van der Waals surface area contributed by atoms with Gasteiger partial charge in [0.2, 0.25) is 0 Å². The van der Waals surface area contributed by atoms with E-state index in [0.717, 1.165) is 49.9 Å². The Kier molecular flexibility index (Phi) is 5.92. The molecular weight excluding hydrogens is 325 g/mol. The van der Waals surface area contributed by atoms with Gasteiger partial charge >= 0.3 is 0 Å². The number of thioether (sulfide) groups is 1. The van der Waals surface area contributed by atoms with Crippen LogP contribution in [0.1, 0.15) is 33.6 Å². The smallest absolute Gasteiger partial charge is 0.149 e. The van der Waals surface area contributed by atoms with Crippen molar-refractivity contribution in [3.8, 4) is 0 Å². The predicted molar refractivity (Wildman–Crippen MR) is 96.4 cm³/mol. The highest BCUT2D eigenvalue weighted by molar-refractivity contribution is 8.00. The van der Waals surface area contributed by atoms with Gasteiger partial charge in [-0.25, -0.2) is 4.98 Å². The molecular formula is C15H23Cl2N3S. The van der Waals surface area contributed by atoms with E-state index in [1.54, 1.807) is 6.07 Å². The van der Waals surface area contributed by atoms with Crippen molar-refractivity contribution < 1.29 is 0 Å². The molecule has 1 aliphatic heterocycles. The first-order chi connectivity index (χ1) is 9.93. The Morgan fingerprint density at radius 2 is 2.10 bits per heavy atom. The van der Waals surface area contributed by atoms with E-state index in [-0.39, 0.29) is 0 Å². The minimum Gasteiger partial charge on any atom is -0.369 e. The van der Waals surface area contributed by atoms with Crippen molar-refractivity contribution in [3.05, 3.63) is 16.1 Å². The highest BCUT2D eigenvalue weighted by Crippen LogP contribution is 2.36. The standard InChI is InChI=1S/C15H23Cl2N3S/c1-4-6-18-13-11(16)10-12(17)14(19-13)20-7-5-15(2,3)21-9-8-20/h10H,4-9H2,1-3H3,(H,18,19). The van der Waals surface area contributed by atoms with Crippen molar-refractivity contribution in [2.75, 3.05) is 35.6 Å². The van der Waals surface area contributed by atoms with Crippen LogP contribution >= 0.6 is 35.0 Å². The number of hydrogen-bond acceptors (Lipinski definition) is 4. The van der Waals surface area contributed by atoms with Gasteiger partial charge in [-0.05, 0) is 18.9 Å². The summed E-state index contributed by atoms with van der Waals surface area (Å²) < 4.78 is 0.316. The van der Waals surface area contributed by atoms with Crippen LogP contribution in [0.15, 0.2) is 6.07 Å². The third kappa shape index (κ3) is 4.57. The molecule has 1 aromatic rings. The topological polar surface area (TPSA) is 28.2 Å². The molecule has 2 rings (SSSR count). The zero-order chi connectivity index (χ0) is 15.5. The van der Waals surface area contributed by atoms with E-state index in [2.05, 4.69) is 36.0 Å². The molecule has 0 spiro atoms. The third-order valence-electron chi connectivity index (χ3n) is 3.59. The molecule has 3 nitrogen and oxygen atoms in total. The van der Waals surface area contributed by atoms with Crippen LogP contribution < -0.4 is 10.2 Å². The lowest BCUT2D eigenvalue weighted by Crippen LogP contribution is -2.28. The average Bonchev–Trinajstić information content (AvgIpc) is 2.59. The fraction of sp³-hybridized carbons (Fsp3) is 0.667. The van der Waals surface area contributed by atoms with Crippen LogP contribution in [0, 0.1) is 0 Å². The number of rotatable bonds is 4. The van der Waals surface area contributed by atoms with Gasteiger partial charge in [0, 0.05) is 30.1 Å². The second-order valence-electron chi connectivity index (χ2n) is 5.90. The van der Waals surface area contributed by atoms with E-state index in [1.165, 1.54) is 0 Å². The molecule has 6 heteroatoms. The van der Waals surface area contributed by atoms with Gasteiger partial charge in [0.05, 0.1) is 10.0 Å². The first-order valence-electron chi connectivity index (χ1n) is 7.42. The van der Waals surface area contributed by atoms with E-state index >= 15 is 0 Å².